The Kier molecular flexibility index (Phi) is 4.70. The van der Waals surface area contributed by atoms with Crippen LogP contribution < -0.4 is 5.32 Å². The molecular formula is C15H21NO3. The number of carbonyl (C=O) groups excluding carboxylic acids is 1. The van der Waals surface area contributed by atoms with Crippen molar-refractivity contribution in [2.24, 2.45) is 5.41 Å². The number of nitrogens with one attached hydrogen (secondary N) is 1. The van der Waals surface area contributed by atoms with Gasteiger partial charge in [-0.2, -0.15) is 0 Å². The van der Waals surface area contributed by atoms with Crippen LogP contribution in [-0.4, -0.2) is 17.0 Å². The van der Waals surface area contributed by atoms with E-state index in [0.29, 0.717) is 17.7 Å². The van der Waals surface area contributed by atoms with Crippen LogP contribution in [0.25, 0.3) is 0 Å². The molecule has 0 saturated heterocycles. The molecule has 1 aromatic carbocycles. The molecular weight excluding hydrogens is 242 g/mol. The van der Waals surface area contributed by atoms with E-state index in [2.05, 4.69) is 26.1 Å². The van der Waals surface area contributed by atoms with Crippen molar-refractivity contribution in [3.8, 4) is 0 Å². The number of rotatable bonds is 4. The standard InChI is InChI=1S/C15H21NO3/c1-10-9-11(5-6-12(10)14(18)19)16-13(17)7-8-15(2,3)4/h5-6,9H,7-8H2,1-4H3,(H,16,17)(H,18,19). The number of carboxylic acid groups (broad SMARTS) is 1. The summed E-state index contributed by atoms with van der Waals surface area (Å²) in [6, 6.07) is 4.81. The van der Waals surface area contributed by atoms with Gasteiger partial charge in [0.25, 0.3) is 0 Å². The lowest BCUT2D eigenvalue weighted by Gasteiger charge is -2.17. The fraction of sp³-hybridized carbons (Fsp3) is 0.467. The Morgan fingerprint density at radius 3 is 2.37 bits per heavy atom. The minimum Gasteiger partial charge on any atom is -0.478 e. The van der Waals surface area contributed by atoms with E-state index in [-0.39, 0.29) is 16.9 Å². The van der Waals surface area contributed by atoms with Crippen LogP contribution in [0.15, 0.2) is 18.2 Å². The van der Waals surface area contributed by atoms with Crippen LogP contribution in [0.2, 0.25) is 0 Å². The van der Waals surface area contributed by atoms with E-state index in [9.17, 15) is 9.59 Å². The summed E-state index contributed by atoms with van der Waals surface area (Å²) in [4.78, 5) is 22.6. The molecule has 0 heterocycles. The quantitative estimate of drug-likeness (QED) is 0.874. The van der Waals surface area contributed by atoms with Gasteiger partial charge >= 0.3 is 5.97 Å². The van der Waals surface area contributed by atoms with Gasteiger partial charge in [0.1, 0.15) is 0 Å². The molecule has 19 heavy (non-hydrogen) atoms. The van der Waals surface area contributed by atoms with E-state index in [0.717, 1.165) is 6.42 Å². The first-order chi connectivity index (χ1) is 8.69. The molecule has 4 nitrogen and oxygen atoms in total. The van der Waals surface area contributed by atoms with Crippen molar-refractivity contribution in [3.63, 3.8) is 0 Å². The maximum absolute atomic E-state index is 11.8. The first kappa shape index (κ1) is 15.2. The summed E-state index contributed by atoms with van der Waals surface area (Å²) in [5.41, 5.74) is 1.66. The highest BCUT2D eigenvalue weighted by atomic mass is 16.4. The molecule has 0 aromatic heterocycles. The molecule has 0 radical (unpaired) electrons. The van der Waals surface area contributed by atoms with Crippen molar-refractivity contribution in [2.75, 3.05) is 5.32 Å². The third kappa shape index (κ3) is 5.12. The maximum Gasteiger partial charge on any atom is 0.335 e. The van der Waals surface area contributed by atoms with Gasteiger partial charge in [-0.05, 0) is 42.5 Å². The SMILES string of the molecule is Cc1cc(NC(=O)CCC(C)(C)C)ccc1C(=O)O. The highest BCUT2D eigenvalue weighted by molar-refractivity contribution is 5.93. The van der Waals surface area contributed by atoms with Crippen molar-refractivity contribution in [1.82, 2.24) is 0 Å². The van der Waals surface area contributed by atoms with E-state index < -0.39 is 5.97 Å². The highest BCUT2D eigenvalue weighted by Gasteiger charge is 2.13. The van der Waals surface area contributed by atoms with E-state index in [1.807, 2.05) is 0 Å². The second kappa shape index (κ2) is 5.87. The lowest BCUT2D eigenvalue weighted by Crippen LogP contribution is -2.15. The Labute approximate surface area is 113 Å². The first-order valence-electron chi connectivity index (χ1n) is 6.33. The molecule has 0 aliphatic carbocycles. The van der Waals surface area contributed by atoms with Crippen molar-refractivity contribution in [2.45, 2.75) is 40.5 Å². The fourth-order valence-corrected chi connectivity index (χ4v) is 1.69. The summed E-state index contributed by atoms with van der Waals surface area (Å²) in [5, 5.41) is 11.7. The normalized spacial score (nSPS) is 11.2. The van der Waals surface area contributed by atoms with Gasteiger partial charge in [0.05, 0.1) is 5.56 Å². The lowest BCUT2D eigenvalue weighted by molar-refractivity contribution is -0.116. The molecule has 0 saturated carbocycles. The Bertz CT molecular complexity index is 487. The smallest absolute Gasteiger partial charge is 0.335 e. The minimum absolute atomic E-state index is 0.0441. The van der Waals surface area contributed by atoms with Gasteiger partial charge in [-0.1, -0.05) is 20.8 Å². The zero-order chi connectivity index (χ0) is 14.6. The molecule has 0 spiro atoms. The number of aromatic carboxylic acids is 1. The van der Waals surface area contributed by atoms with Gasteiger partial charge in [-0.3, -0.25) is 4.79 Å². The molecule has 0 aliphatic heterocycles. The second-order valence-electron chi connectivity index (χ2n) is 5.94. The largest absolute Gasteiger partial charge is 0.478 e. The molecule has 0 fully saturated rings. The monoisotopic (exact) mass is 263 g/mol. The van der Waals surface area contributed by atoms with E-state index >= 15 is 0 Å². The van der Waals surface area contributed by atoms with Gasteiger partial charge in [-0.25, -0.2) is 4.79 Å². The van der Waals surface area contributed by atoms with Crippen molar-refractivity contribution < 1.29 is 14.7 Å². The van der Waals surface area contributed by atoms with Gasteiger partial charge in [0.15, 0.2) is 0 Å². The Morgan fingerprint density at radius 1 is 1.26 bits per heavy atom. The predicted octanol–water partition coefficient (Wildman–Crippen LogP) is 3.46. The van der Waals surface area contributed by atoms with E-state index in [1.165, 1.54) is 6.07 Å². The zero-order valence-electron chi connectivity index (χ0n) is 11.9. The van der Waals surface area contributed by atoms with Crippen LogP contribution in [0, 0.1) is 12.3 Å². The number of amides is 1. The average Bonchev–Trinajstić information content (AvgIpc) is 2.25. The van der Waals surface area contributed by atoms with Gasteiger partial charge in [0, 0.05) is 12.1 Å². The first-order valence-corrected chi connectivity index (χ1v) is 6.33. The van der Waals surface area contributed by atoms with Gasteiger partial charge in [0.2, 0.25) is 5.91 Å². The molecule has 1 amide bonds. The van der Waals surface area contributed by atoms with Crippen LogP contribution >= 0.6 is 0 Å². The predicted molar refractivity (Wildman–Crippen MR) is 75.5 cm³/mol. The summed E-state index contributed by atoms with van der Waals surface area (Å²) < 4.78 is 0. The van der Waals surface area contributed by atoms with Crippen LogP contribution in [0.4, 0.5) is 5.69 Å². The number of hydrogen-bond acceptors (Lipinski definition) is 2. The fourth-order valence-electron chi connectivity index (χ4n) is 1.69. The molecule has 104 valence electrons. The molecule has 0 bridgehead atoms. The van der Waals surface area contributed by atoms with Crippen molar-refractivity contribution >= 4 is 17.6 Å². The summed E-state index contributed by atoms with van der Waals surface area (Å²) in [7, 11) is 0. The third-order valence-electron chi connectivity index (χ3n) is 2.84. The van der Waals surface area contributed by atoms with Crippen LogP contribution in [0.1, 0.15) is 49.5 Å². The average molecular weight is 263 g/mol. The summed E-state index contributed by atoms with van der Waals surface area (Å²) in [5.74, 6) is -1.000. The number of benzene rings is 1. The third-order valence-corrected chi connectivity index (χ3v) is 2.84. The highest BCUT2D eigenvalue weighted by Crippen LogP contribution is 2.21. The molecule has 0 atom stereocenters. The Hall–Kier alpha value is -1.84. The molecule has 0 aliphatic rings. The zero-order valence-corrected chi connectivity index (χ0v) is 11.9. The van der Waals surface area contributed by atoms with Crippen LogP contribution in [0.3, 0.4) is 0 Å². The van der Waals surface area contributed by atoms with Gasteiger partial charge in [-0.15, -0.1) is 0 Å². The van der Waals surface area contributed by atoms with Gasteiger partial charge < -0.3 is 10.4 Å². The topological polar surface area (TPSA) is 66.4 Å². The molecule has 1 aromatic rings. The van der Waals surface area contributed by atoms with Crippen LogP contribution in [0.5, 0.6) is 0 Å². The second-order valence-corrected chi connectivity index (χ2v) is 5.94. The number of hydrogen-bond donors (Lipinski definition) is 2. The van der Waals surface area contributed by atoms with Crippen molar-refractivity contribution in [3.05, 3.63) is 29.3 Å². The number of carbonyl (C=O) groups is 2. The molecule has 2 N–H and O–H groups in total. The number of carboxylic acids is 1. The summed E-state index contributed by atoms with van der Waals surface area (Å²) in [6.07, 6.45) is 1.27. The minimum atomic E-state index is -0.955. The summed E-state index contributed by atoms with van der Waals surface area (Å²) in [6.45, 7) is 7.98. The molecule has 4 heteroatoms. The van der Waals surface area contributed by atoms with E-state index in [4.69, 9.17) is 5.11 Å². The Morgan fingerprint density at radius 2 is 1.89 bits per heavy atom. The van der Waals surface area contributed by atoms with Crippen LogP contribution in [-0.2, 0) is 4.79 Å². The lowest BCUT2D eigenvalue weighted by atomic mass is 9.90. The van der Waals surface area contributed by atoms with Crippen molar-refractivity contribution in [1.29, 1.82) is 0 Å². The summed E-state index contributed by atoms with van der Waals surface area (Å²) >= 11 is 0. The molecule has 0 unspecified atom stereocenters. The molecule has 1 rings (SSSR count). The Balaban J connectivity index is 2.65. The number of anilines is 1. The van der Waals surface area contributed by atoms with E-state index in [1.54, 1.807) is 19.1 Å². The maximum atomic E-state index is 11.8. The number of aryl methyl sites for hydroxylation is 1.